The largest absolute Gasteiger partial charge is 0.381 e. The van der Waals surface area contributed by atoms with Crippen LogP contribution in [0, 0.1) is 5.92 Å². The zero-order chi connectivity index (χ0) is 13.8. The van der Waals surface area contributed by atoms with Crippen molar-refractivity contribution in [2.24, 2.45) is 5.92 Å². The van der Waals surface area contributed by atoms with Gasteiger partial charge in [-0.1, -0.05) is 0 Å². The van der Waals surface area contributed by atoms with Gasteiger partial charge in [0, 0.05) is 19.7 Å². The summed E-state index contributed by atoms with van der Waals surface area (Å²) in [7, 11) is 0. The normalized spacial score (nSPS) is 19.1. The van der Waals surface area contributed by atoms with E-state index in [9.17, 15) is 0 Å². The van der Waals surface area contributed by atoms with Crippen molar-refractivity contribution in [2.45, 2.75) is 19.8 Å². The van der Waals surface area contributed by atoms with Crippen LogP contribution in [-0.4, -0.2) is 46.5 Å². The van der Waals surface area contributed by atoms with Gasteiger partial charge in [0.15, 0.2) is 5.65 Å². The zero-order valence-electron chi connectivity index (χ0n) is 11.6. The summed E-state index contributed by atoms with van der Waals surface area (Å²) in [5.41, 5.74) is 0.748. The van der Waals surface area contributed by atoms with Gasteiger partial charge in [0.25, 0.3) is 0 Å². The van der Waals surface area contributed by atoms with Crippen LogP contribution in [0.4, 0.5) is 11.8 Å². The number of aromatic nitrogens is 4. The molecule has 0 spiro atoms. The summed E-state index contributed by atoms with van der Waals surface area (Å²) in [6, 6.07) is 0. The lowest BCUT2D eigenvalue weighted by Crippen LogP contribution is -2.24. The number of H-pyrrole nitrogens is 1. The molecule has 108 valence electrons. The fourth-order valence-electron chi connectivity index (χ4n) is 2.42. The molecule has 1 aliphatic rings. The number of ether oxygens (including phenoxy) is 1. The van der Waals surface area contributed by atoms with E-state index in [-0.39, 0.29) is 0 Å². The maximum Gasteiger partial charge on any atom is 0.226 e. The van der Waals surface area contributed by atoms with Gasteiger partial charge in [-0.25, -0.2) is 0 Å². The molecule has 0 bridgehead atoms. The molecule has 1 saturated heterocycles. The number of fused-ring (bicyclic) bond motifs is 1. The van der Waals surface area contributed by atoms with Gasteiger partial charge in [-0.3, -0.25) is 5.10 Å². The first kappa shape index (κ1) is 13.1. The highest BCUT2D eigenvalue weighted by Gasteiger charge is 2.15. The molecule has 0 saturated carbocycles. The average Bonchev–Trinajstić information content (AvgIpc) is 2.95. The third-order valence-electron chi connectivity index (χ3n) is 3.46. The minimum absolute atomic E-state index is 0.545. The number of rotatable bonds is 5. The standard InChI is InChI=1S/C13H20N6O/c1-2-14-13-17-11(10-7-16-19-12(10)18-13)15-6-9-4-3-5-20-8-9/h7,9H,2-6,8H2,1H3,(H3,14,15,16,17,18,19). The Kier molecular flexibility index (Phi) is 3.96. The van der Waals surface area contributed by atoms with E-state index in [4.69, 9.17) is 4.74 Å². The lowest BCUT2D eigenvalue weighted by molar-refractivity contribution is 0.0595. The fourth-order valence-corrected chi connectivity index (χ4v) is 2.42. The lowest BCUT2D eigenvalue weighted by atomic mass is 10.0. The Morgan fingerprint density at radius 2 is 2.35 bits per heavy atom. The second kappa shape index (κ2) is 6.04. The Morgan fingerprint density at radius 3 is 3.15 bits per heavy atom. The van der Waals surface area contributed by atoms with Crippen LogP contribution < -0.4 is 10.6 Å². The molecular formula is C13H20N6O. The van der Waals surface area contributed by atoms with E-state index in [0.29, 0.717) is 11.9 Å². The number of hydrogen-bond donors (Lipinski definition) is 3. The Hall–Kier alpha value is -1.89. The van der Waals surface area contributed by atoms with E-state index in [1.165, 1.54) is 6.42 Å². The minimum atomic E-state index is 0.545. The van der Waals surface area contributed by atoms with Crippen LogP contribution in [0.25, 0.3) is 11.0 Å². The maximum atomic E-state index is 5.50. The van der Waals surface area contributed by atoms with Crippen molar-refractivity contribution in [3.8, 4) is 0 Å². The van der Waals surface area contributed by atoms with Crippen LogP contribution in [0.5, 0.6) is 0 Å². The van der Waals surface area contributed by atoms with Gasteiger partial charge in [-0.15, -0.1) is 0 Å². The summed E-state index contributed by atoms with van der Waals surface area (Å²) in [5.74, 6) is 1.99. The zero-order valence-corrected chi connectivity index (χ0v) is 11.6. The SMILES string of the molecule is CCNc1nc(NCC2CCCOC2)c2cn[nH]c2n1. The molecule has 0 amide bonds. The Labute approximate surface area is 117 Å². The summed E-state index contributed by atoms with van der Waals surface area (Å²) in [6.45, 7) is 5.39. The maximum absolute atomic E-state index is 5.50. The van der Waals surface area contributed by atoms with Crippen LogP contribution in [0.3, 0.4) is 0 Å². The Morgan fingerprint density at radius 1 is 1.40 bits per heavy atom. The topological polar surface area (TPSA) is 87.8 Å². The first-order chi connectivity index (χ1) is 9.86. The summed E-state index contributed by atoms with van der Waals surface area (Å²) < 4.78 is 5.50. The second-order valence-corrected chi connectivity index (χ2v) is 5.02. The summed E-state index contributed by atoms with van der Waals surface area (Å²) in [4.78, 5) is 8.89. The molecule has 20 heavy (non-hydrogen) atoms. The fraction of sp³-hybridized carbons (Fsp3) is 0.615. The van der Waals surface area contributed by atoms with Crippen molar-refractivity contribution in [3.63, 3.8) is 0 Å². The van der Waals surface area contributed by atoms with Crippen LogP contribution >= 0.6 is 0 Å². The van der Waals surface area contributed by atoms with E-state index < -0.39 is 0 Å². The molecule has 1 unspecified atom stereocenters. The Bertz CT molecular complexity index is 563. The van der Waals surface area contributed by atoms with Crippen LogP contribution in [0.2, 0.25) is 0 Å². The van der Waals surface area contributed by atoms with E-state index in [1.54, 1.807) is 6.20 Å². The van der Waals surface area contributed by atoms with Crippen molar-refractivity contribution in [1.29, 1.82) is 0 Å². The number of nitrogens with zero attached hydrogens (tertiary/aromatic N) is 3. The smallest absolute Gasteiger partial charge is 0.226 e. The molecule has 3 heterocycles. The van der Waals surface area contributed by atoms with Crippen LogP contribution in [-0.2, 0) is 4.74 Å². The predicted octanol–water partition coefficient (Wildman–Crippen LogP) is 1.62. The molecule has 1 atom stereocenters. The number of aromatic amines is 1. The quantitative estimate of drug-likeness (QED) is 0.769. The molecule has 3 N–H and O–H groups in total. The van der Waals surface area contributed by atoms with E-state index in [0.717, 1.165) is 49.6 Å². The van der Waals surface area contributed by atoms with Crippen LogP contribution in [0.15, 0.2) is 6.20 Å². The molecule has 2 aromatic heterocycles. The van der Waals surface area contributed by atoms with Gasteiger partial charge in [0.1, 0.15) is 5.82 Å². The summed E-state index contributed by atoms with van der Waals surface area (Å²) in [6.07, 6.45) is 4.09. The highest BCUT2D eigenvalue weighted by atomic mass is 16.5. The molecule has 2 aromatic rings. The number of nitrogens with one attached hydrogen (secondary N) is 3. The first-order valence-electron chi connectivity index (χ1n) is 7.13. The van der Waals surface area contributed by atoms with E-state index >= 15 is 0 Å². The van der Waals surface area contributed by atoms with Gasteiger partial charge in [0.05, 0.1) is 18.2 Å². The molecule has 0 aromatic carbocycles. The highest BCUT2D eigenvalue weighted by Crippen LogP contribution is 2.21. The first-order valence-corrected chi connectivity index (χ1v) is 7.13. The van der Waals surface area contributed by atoms with E-state index in [2.05, 4.69) is 30.8 Å². The van der Waals surface area contributed by atoms with Gasteiger partial charge < -0.3 is 15.4 Å². The molecule has 1 fully saturated rings. The molecule has 7 nitrogen and oxygen atoms in total. The second-order valence-electron chi connectivity index (χ2n) is 5.02. The number of anilines is 2. The van der Waals surface area contributed by atoms with Crippen molar-refractivity contribution in [2.75, 3.05) is 36.9 Å². The predicted molar refractivity (Wildman–Crippen MR) is 77.9 cm³/mol. The number of hydrogen-bond acceptors (Lipinski definition) is 6. The Balaban J connectivity index is 1.76. The monoisotopic (exact) mass is 276 g/mol. The van der Waals surface area contributed by atoms with Crippen molar-refractivity contribution >= 4 is 22.8 Å². The van der Waals surface area contributed by atoms with Crippen molar-refractivity contribution in [3.05, 3.63) is 6.20 Å². The summed E-state index contributed by atoms with van der Waals surface area (Å²) in [5, 5.41) is 14.4. The van der Waals surface area contributed by atoms with E-state index in [1.807, 2.05) is 6.92 Å². The van der Waals surface area contributed by atoms with Crippen molar-refractivity contribution in [1.82, 2.24) is 20.2 Å². The van der Waals surface area contributed by atoms with Crippen molar-refractivity contribution < 1.29 is 4.74 Å². The van der Waals surface area contributed by atoms with Gasteiger partial charge in [-0.2, -0.15) is 15.1 Å². The van der Waals surface area contributed by atoms with Gasteiger partial charge in [0.2, 0.25) is 5.95 Å². The minimum Gasteiger partial charge on any atom is -0.381 e. The molecule has 3 rings (SSSR count). The van der Waals surface area contributed by atoms with Crippen LogP contribution in [0.1, 0.15) is 19.8 Å². The van der Waals surface area contributed by atoms with Gasteiger partial charge >= 0.3 is 0 Å². The third kappa shape index (κ3) is 2.82. The molecule has 1 aliphatic heterocycles. The molecule has 0 aliphatic carbocycles. The highest BCUT2D eigenvalue weighted by molar-refractivity contribution is 5.86. The molecule has 7 heteroatoms. The summed E-state index contributed by atoms with van der Waals surface area (Å²) >= 11 is 0. The molecular weight excluding hydrogens is 256 g/mol. The lowest BCUT2D eigenvalue weighted by Gasteiger charge is -2.22. The average molecular weight is 276 g/mol. The molecule has 0 radical (unpaired) electrons. The van der Waals surface area contributed by atoms with Gasteiger partial charge in [-0.05, 0) is 25.7 Å². The third-order valence-corrected chi connectivity index (χ3v) is 3.46.